The molecule has 2 aliphatic heterocycles. The fourth-order valence-electron chi connectivity index (χ4n) is 4.12. The van der Waals surface area contributed by atoms with Gasteiger partial charge in [0.2, 0.25) is 5.91 Å². The van der Waals surface area contributed by atoms with E-state index in [4.69, 9.17) is 4.42 Å². The molecule has 1 amide bonds. The van der Waals surface area contributed by atoms with E-state index in [9.17, 15) is 4.79 Å². The number of likely N-dealkylation sites (tertiary alicyclic amines) is 2. The van der Waals surface area contributed by atoms with Gasteiger partial charge in [-0.15, -0.1) is 0 Å². The molecule has 4 heterocycles. The van der Waals surface area contributed by atoms with Crippen molar-refractivity contribution in [2.45, 2.75) is 32.4 Å². The lowest BCUT2D eigenvalue weighted by atomic mass is 9.78. The van der Waals surface area contributed by atoms with Crippen LogP contribution in [0.2, 0.25) is 0 Å². The van der Waals surface area contributed by atoms with Gasteiger partial charge in [-0.2, -0.15) is 0 Å². The average molecular weight is 325 g/mol. The molecule has 5 heteroatoms. The first kappa shape index (κ1) is 15.4. The highest BCUT2D eigenvalue weighted by Crippen LogP contribution is 2.41. The van der Waals surface area contributed by atoms with Gasteiger partial charge in [-0.1, -0.05) is 0 Å². The van der Waals surface area contributed by atoms with Crippen LogP contribution in [0.5, 0.6) is 0 Å². The summed E-state index contributed by atoms with van der Waals surface area (Å²) in [5.74, 6) is 1.30. The van der Waals surface area contributed by atoms with E-state index >= 15 is 0 Å². The van der Waals surface area contributed by atoms with Crippen molar-refractivity contribution in [2.24, 2.45) is 5.41 Å². The largest absolute Gasteiger partial charge is 0.468 e. The maximum absolute atomic E-state index is 13.1. The van der Waals surface area contributed by atoms with Crippen molar-refractivity contribution in [3.8, 4) is 0 Å². The van der Waals surface area contributed by atoms with Crippen molar-refractivity contribution in [3.63, 3.8) is 0 Å². The van der Waals surface area contributed by atoms with Gasteiger partial charge in [0.15, 0.2) is 0 Å². The molecule has 4 rings (SSSR count). The van der Waals surface area contributed by atoms with Gasteiger partial charge < -0.3 is 9.32 Å². The first-order valence-electron chi connectivity index (χ1n) is 8.68. The van der Waals surface area contributed by atoms with E-state index < -0.39 is 0 Å². The zero-order chi connectivity index (χ0) is 16.4. The smallest absolute Gasteiger partial charge is 0.230 e. The Morgan fingerprint density at radius 1 is 1.12 bits per heavy atom. The second kappa shape index (κ2) is 6.40. The molecule has 0 unspecified atom stereocenters. The van der Waals surface area contributed by atoms with Crippen LogP contribution in [0.15, 0.2) is 47.3 Å². The summed E-state index contributed by atoms with van der Waals surface area (Å²) >= 11 is 0. The lowest BCUT2D eigenvalue weighted by Gasteiger charge is -2.38. The van der Waals surface area contributed by atoms with Crippen molar-refractivity contribution >= 4 is 5.91 Å². The molecule has 24 heavy (non-hydrogen) atoms. The normalized spacial score (nSPS) is 24.8. The van der Waals surface area contributed by atoms with Crippen LogP contribution in [0.1, 0.15) is 30.6 Å². The molecule has 2 aliphatic rings. The molecule has 5 nitrogen and oxygen atoms in total. The van der Waals surface area contributed by atoms with Crippen LogP contribution in [0.25, 0.3) is 0 Å². The SMILES string of the molecule is O=C1N(Cc2ccncc2)CC[C@]12CCCN(Cc1ccco1)C2. The highest BCUT2D eigenvalue weighted by atomic mass is 16.3. The lowest BCUT2D eigenvalue weighted by Crippen LogP contribution is -2.47. The molecular formula is C19H23N3O2. The molecule has 2 aromatic rings. The third kappa shape index (κ3) is 2.96. The van der Waals surface area contributed by atoms with Crippen molar-refractivity contribution in [3.05, 3.63) is 54.2 Å². The minimum absolute atomic E-state index is 0.197. The Hall–Kier alpha value is -2.14. The Morgan fingerprint density at radius 3 is 2.79 bits per heavy atom. The first-order valence-corrected chi connectivity index (χ1v) is 8.68. The minimum atomic E-state index is -0.197. The summed E-state index contributed by atoms with van der Waals surface area (Å²) < 4.78 is 5.47. The van der Waals surface area contributed by atoms with Crippen LogP contribution in [0.4, 0.5) is 0 Å². The summed E-state index contributed by atoms with van der Waals surface area (Å²) in [7, 11) is 0. The van der Waals surface area contributed by atoms with Gasteiger partial charge in [0.05, 0.1) is 18.2 Å². The fourth-order valence-corrected chi connectivity index (χ4v) is 4.12. The van der Waals surface area contributed by atoms with Crippen molar-refractivity contribution < 1.29 is 9.21 Å². The molecule has 0 radical (unpaired) electrons. The number of carbonyl (C=O) groups excluding carboxylic acids is 1. The van der Waals surface area contributed by atoms with Crippen LogP contribution in [0.3, 0.4) is 0 Å². The lowest BCUT2D eigenvalue weighted by molar-refractivity contribution is -0.139. The molecule has 2 aromatic heterocycles. The molecule has 0 saturated carbocycles. The van der Waals surface area contributed by atoms with Crippen molar-refractivity contribution in [2.75, 3.05) is 19.6 Å². The Kier molecular flexibility index (Phi) is 4.10. The molecule has 1 atom stereocenters. The highest BCUT2D eigenvalue weighted by molar-refractivity contribution is 5.85. The minimum Gasteiger partial charge on any atom is -0.468 e. The number of hydrogen-bond acceptors (Lipinski definition) is 4. The zero-order valence-corrected chi connectivity index (χ0v) is 13.9. The average Bonchev–Trinajstić information content (AvgIpc) is 3.21. The maximum Gasteiger partial charge on any atom is 0.230 e. The number of carbonyl (C=O) groups is 1. The highest BCUT2D eigenvalue weighted by Gasteiger charge is 2.48. The van der Waals surface area contributed by atoms with Gasteiger partial charge in [-0.05, 0) is 55.6 Å². The number of amides is 1. The first-order chi connectivity index (χ1) is 11.8. The van der Waals surface area contributed by atoms with Gasteiger partial charge in [-0.3, -0.25) is 14.7 Å². The third-order valence-electron chi connectivity index (χ3n) is 5.34. The Balaban J connectivity index is 1.44. The second-order valence-corrected chi connectivity index (χ2v) is 7.01. The molecule has 1 spiro atoms. The molecule has 0 bridgehead atoms. The monoisotopic (exact) mass is 325 g/mol. The number of aromatic nitrogens is 1. The molecule has 0 N–H and O–H groups in total. The number of nitrogens with zero attached hydrogens (tertiary/aromatic N) is 3. The summed E-state index contributed by atoms with van der Waals surface area (Å²) in [6, 6.07) is 7.91. The zero-order valence-electron chi connectivity index (χ0n) is 13.9. The topological polar surface area (TPSA) is 49.6 Å². The standard InChI is InChI=1S/C19H23N3O2/c23-18-19(7-11-22(18)13-16-4-8-20-9-5-16)6-2-10-21(15-19)14-17-3-1-12-24-17/h1,3-5,8-9,12H,2,6-7,10-11,13-15H2/t19-/m0/s1. The van der Waals surface area contributed by atoms with Crippen molar-refractivity contribution in [1.82, 2.24) is 14.8 Å². The van der Waals surface area contributed by atoms with Crippen LogP contribution in [-0.2, 0) is 17.9 Å². The van der Waals surface area contributed by atoms with Gasteiger partial charge in [0.25, 0.3) is 0 Å². The van der Waals surface area contributed by atoms with Crippen molar-refractivity contribution in [1.29, 1.82) is 0 Å². The maximum atomic E-state index is 13.1. The Morgan fingerprint density at radius 2 is 2.00 bits per heavy atom. The molecular weight excluding hydrogens is 302 g/mol. The predicted octanol–water partition coefficient (Wildman–Crippen LogP) is 2.69. The van der Waals surface area contributed by atoms with E-state index in [1.54, 1.807) is 18.7 Å². The summed E-state index contributed by atoms with van der Waals surface area (Å²) in [6.45, 7) is 4.24. The fraction of sp³-hybridized carbons (Fsp3) is 0.474. The van der Waals surface area contributed by atoms with Crippen LogP contribution < -0.4 is 0 Å². The summed E-state index contributed by atoms with van der Waals surface area (Å²) in [6.07, 6.45) is 8.34. The molecule has 2 saturated heterocycles. The van der Waals surface area contributed by atoms with E-state index in [0.717, 1.165) is 56.8 Å². The molecule has 0 aliphatic carbocycles. The Labute approximate surface area is 142 Å². The van der Waals surface area contributed by atoms with E-state index in [-0.39, 0.29) is 5.41 Å². The summed E-state index contributed by atoms with van der Waals surface area (Å²) in [5, 5.41) is 0. The van der Waals surface area contributed by atoms with Crippen LogP contribution >= 0.6 is 0 Å². The third-order valence-corrected chi connectivity index (χ3v) is 5.34. The number of pyridine rings is 1. The van der Waals surface area contributed by atoms with Gasteiger partial charge >= 0.3 is 0 Å². The quantitative estimate of drug-likeness (QED) is 0.867. The number of furan rings is 1. The number of piperidine rings is 1. The second-order valence-electron chi connectivity index (χ2n) is 7.01. The number of rotatable bonds is 4. The number of hydrogen-bond donors (Lipinski definition) is 0. The molecule has 2 fully saturated rings. The summed E-state index contributed by atoms with van der Waals surface area (Å²) in [4.78, 5) is 21.5. The van der Waals surface area contributed by atoms with E-state index in [1.807, 2.05) is 29.2 Å². The van der Waals surface area contributed by atoms with Crippen LogP contribution in [0, 0.1) is 5.41 Å². The van der Waals surface area contributed by atoms with E-state index in [2.05, 4.69) is 9.88 Å². The van der Waals surface area contributed by atoms with Gasteiger partial charge in [0, 0.05) is 32.0 Å². The van der Waals surface area contributed by atoms with E-state index in [1.165, 1.54) is 0 Å². The molecule has 0 aromatic carbocycles. The summed E-state index contributed by atoms with van der Waals surface area (Å²) in [5.41, 5.74) is 0.955. The Bertz CT molecular complexity index is 686. The van der Waals surface area contributed by atoms with Gasteiger partial charge in [0.1, 0.15) is 5.76 Å². The van der Waals surface area contributed by atoms with Crippen LogP contribution in [-0.4, -0.2) is 40.3 Å². The van der Waals surface area contributed by atoms with Gasteiger partial charge in [-0.25, -0.2) is 0 Å². The molecule has 126 valence electrons. The van der Waals surface area contributed by atoms with E-state index in [0.29, 0.717) is 12.5 Å². The predicted molar refractivity (Wildman–Crippen MR) is 89.9 cm³/mol.